The molecule has 0 atom stereocenters. The summed E-state index contributed by atoms with van der Waals surface area (Å²) in [5.74, 6) is -0.212. The smallest absolute Gasteiger partial charge is 0.243 e. The first-order valence-electron chi connectivity index (χ1n) is 9.54. The summed E-state index contributed by atoms with van der Waals surface area (Å²) in [5, 5.41) is 5.93. The zero-order valence-electron chi connectivity index (χ0n) is 17.0. The van der Waals surface area contributed by atoms with Crippen LogP contribution in [-0.4, -0.2) is 39.3 Å². The van der Waals surface area contributed by atoms with Crippen molar-refractivity contribution in [3.8, 4) is 0 Å². The monoisotopic (exact) mass is 423 g/mol. The second-order valence-corrected chi connectivity index (χ2v) is 9.19. The highest BCUT2D eigenvalue weighted by molar-refractivity contribution is 7.89. The number of anilines is 2. The standard InChI is InChI=1S/C23H25N3O3S/c1-26(2)30(28,29)21-13-8-12-20(16-21)24-17-23(27)25-22-14-7-6-11-19(22)15-18-9-4-3-5-10-18/h3-14,16,24H,15,17H2,1-2H3,(H,25,27). The molecule has 156 valence electrons. The molecule has 0 spiro atoms. The van der Waals surface area contributed by atoms with Gasteiger partial charge < -0.3 is 10.6 Å². The molecule has 0 aromatic heterocycles. The topological polar surface area (TPSA) is 78.5 Å². The Morgan fingerprint density at radius 3 is 2.33 bits per heavy atom. The highest BCUT2D eigenvalue weighted by atomic mass is 32.2. The third-order valence-electron chi connectivity index (χ3n) is 4.59. The van der Waals surface area contributed by atoms with Crippen molar-refractivity contribution in [2.45, 2.75) is 11.3 Å². The fraction of sp³-hybridized carbons (Fsp3) is 0.174. The maximum atomic E-state index is 12.5. The van der Waals surface area contributed by atoms with Crippen LogP contribution < -0.4 is 10.6 Å². The van der Waals surface area contributed by atoms with Gasteiger partial charge in [0.2, 0.25) is 15.9 Å². The molecule has 0 heterocycles. The quantitative estimate of drug-likeness (QED) is 0.581. The van der Waals surface area contributed by atoms with E-state index in [-0.39, 0.29) is 17.3 Å². The van der Waals surface area contributed by atoms with E-state index in [2.05, 4.69) is 22.8 Å². The molecule has 3 aromatic carbocycles. The molecule has 0 aliphatic carbocycles. The second-order valence-electron chi connectivity index (χ2n) is 7.04. The number of hydrogen-bond acceptors (Lipinski definition) is 4. The van der Waals surface area contributed by atoms with Crippen molar-refractivity contribution >= 4 is 27.3 Å². The Hall–Kier alpha value is -3.16. The van der Waals surface area contributed by atoms with Crippen LogP contribution in [0.4, 0.5) is 11.4 Å². The van der Waals surface area contributed by atoms with E-state index in [9.17, 15) is 13.2 Å². The first-order chi connectivity index (χ1) is 14.4. The molecule has 0 unspecified atom stereocenters. The van der Waals surface area contributed by atoms with Gasteiger partial charge in [-0.25, -0.2) is 12.7 Å². The van der Waals surface area contributed by atoms with Crippen molar-refractivity contribution in [2.24, 2.45) is 0 Å². The molecule has 6 nitrogen and oxygen atoms in total. The molecular weight excluding hydrogens is 398 g/mol. The fourth-order valence-electron chi connectivity index (χ4n) is 2.97. The van der Waals surface area contributed by atoms with Gasteiger partial charge in [-0.3, -0.25) is 4.79 Å². The Bertz CT molecular complexity index is 1110. The van der Waals surface area contributed by atoms with Gasteiger partial charge in [0.1, 0.15) is 0 Å². The number of carbonyl (C=O) groups is 1. The van der Waals surface area contributed by atoms with Gasteiger partial charge in [0.05, 0.1) is 11.4 Å². The van der Waals surface area contributed by atoms with Crippen molar-refractivity contribution < 1.29 is 13.2 Å². The van der Waals surface area contributed by atoms with Gasteiger partial charge in [0, 0.05) is 25.5 Å². The second kappa shape index (κ2) is 9.56. The maximum Gasteiger partial charge on any atom is 0.243 e. The summed E-state index contributed by atoms with van der Waals surface area (Å²) < 4.78 is 25.7. The fourth-order valence-corrected chi connectivity index (χ4v) is 3.91. The molecule has 0 saturated carbocycles. The Balaban J connectivity index is 1.65. The first kappa shape index (κ1) is 21.5. The van der Waals surface area contributed by atoms with Crippen LogP contribution >= 0.6 is 0 Å². The molecule has 0 saturated heterocycles. The van der Waals surface area contributed by atoms with Gasteiger partial charge in [0.25, 0.3) is 0 Å². The average Bonchev–Trinajstić information content (AvgIpc) is 2.74. The average molecular weight is 424 g/mol. The number of sulfonamides is 1. The van der Waals surface area contributed by atoms with Gasteiger partial charge in [-0.15, -0.1) is 0 Å². The lowest BCUT2D eigenvalue weighted by Crippen LogP contribution is -2.23. The van der Waals surface area contributed by atoms with E-state index < -0.39 is 10.0 Å². The lowest BCUT2D eigenvalue weighted by molar-refractivity contribution is -0.114. The zero-order chi connectivity index (χ0) is 21.6. The molecule has 30 heavy (non-hydrogen) atoms. The highest BCUT2D eigenvalue weighted by Gasteiger charge is 2.17. The number of rotatable bonds is 8. The Kier molecular flexibility index (Phi) is 6.87. The van der Waals surface area contributed by atoms with Crippen LogP contribution in [0.1, 0.15) is 11.1 Å². The predicted molar refractivity (Wildman–Crippen MR) is 120 cm³/mol. The summed E-state index contributed by atoms with van der Waals surface area (Å²) in [6, 6.07) is 24.2. The van der Waals surface area contributed by atoms with Gasteiger partial charge in [-0.05, 0) is 41.8 Å². The maximum absolute atomic E-state index is 12.5. The van der Waals surface area contributed by atoms with Crippen LogP contribution in [0, 0.1) is 0 Å². The molecule has 0 radical (unpaired) electrons. The van der Waals surface area contributed by atoms with Crippen LogP contribution in [0.25, 0.3) is 0 Å². The van der Waals surface area contributed by atoms with E-state index in [0.717, 1.165) is 27.5 Å². The van der Waals surface area contributed by atoms with Gasteiger partial charge >= 0.3 is 0 Å². The van der Waals surface area contributed by atoms with Crippen LogP contribution in [0.15, 0.2) is 83.8 Å². The lowest BCUT2D eigenvalue weighted by atomic mass is 10.0. The number of amides is 1. The van der Waals surface area contributed by atoms with Crippen molar-refractivity contribution in [2.75, 3.05) is 31.3 Å². The molecule has 2 N–H and O–H groups in total. The Morgan fingerprint density at radius 2 is 1.60 bits per heavy atom. The molecule has 0 fully saturated rings. The first-order valence-corrected chi connectivity index (χ1v) is 11.0. The predicted octanol–water partition coefficient (Wildman–Crippen LogP) is 3.58. The normalized spacial score (nSPS) is 11.3. The minimum absolute atomic E-state index is 0.0190. The zero-order valence-corrected chi connectivity index (χ0v) is 17.8. The molecule has 0 aliphatic rings. The summed E-state index contributed by atoms with van der Waals surface area (Å²) in [6.45, 7) is 0.0190. The van der Waals surface area contributed by atoms with E-state index in [1.807, 2.05) is 42.5 Å². The van der Waals surface area contributed by atoms with Gasteiger partial charge in [0.15, 0.2) is 0 Å². The lowest BCUT2D eigenvalue weighted by Gasteiger charge is -2.14. The minimum atomic E-state index is -3.53. The molecule has 3 aromatic rings. The number of benzene rings is 3. The third-order valence-corrected chi connectivity index (χ3v) is 6.41. The molecule has 1 amide bonds. The van der Waals surface area contributed by atoms with Crippen LogP contribution in [0.3, 0.4) is 0 Å². The van der Waals surface area contributed by atoms with E-state index in [0.29, 0.717) is 5.69 Å². The number of hydrogen-bond donors (Lipinski definition) is 2. The molecule has 7 heteroatoms. The van der Waals surface area contributed by atoms with Crippen LogP contribution in [0.2, 0.25) is 0 Å². The third kappa shape index (κ3) is 5.46. The number of nitrogens with one attached hydrogen (secondary N) is 2. The summed E-state index contributed by atoms with van der Waals surface area (Å²) in [6.07, 6.45) is 0.717. The molecular formula is C23H25N3O3S. The van der Waals surface area contributed by atoms with Crippen molar-refractivity contribution in [3.05, 3.63) is 90.0 Å². The SMILES string of the molecule is CN(C)S(=O)(=O)c1cccc(NCC(=O)Nc2ccccc2Cc2ccccc2)c1. The molecule has 3 rings (SSSR count). The number of nitrogens with zero attached hydrogens (tertiary/aromatic N) is 1. The largest absolute Gasteiger partial charge is 0.376 e. The summed E-state index contributed by atoms with van der Waals surface area (Å²) >= 11 is 0. The molecule has 0 bridgehead atoms. The summed E-state index contributed by atoms with van der Waals surface area (Å²) in [4.78, 5) is 12.7. The van der Waals surface area contributed by atoms with E-state index in [4.69, 9.17) is 0 Å². The van der Waals surface area contributed by atoms with E-state index in [1.54, 1.807) is 12.1 Å². The van der Waals surface area contributed by atoms with Crippen LogP contribution in [0.5, 0.6) is 0 Å². The van der Waals surface area contributed by atoms with Crippen molar-refractivity contribution in [1.82, 2.24) is 4.31 Å². The van der Waals surface area contributed by atoms with Crippen molar-refractivity contribution in [3.63, 3.8) is 0 Å². The van der Waals surface area contributed by atoms with E-state index in [1.165, 1.54) is 26.2 Å². The van der Waals surface area contributed by atoms with Gasteiger partial charge in [-0.1, -0.05) is 54.6 Å². The minimum Gasteiger partial charge on any atom is -0.376 e. The summed E-state index contributed by atoms with van der Waals surface area (Å²) in [7, 11) is -0.565. The van der Waals surface area contributed by atoms with Crippen molar-refractivity contribution in [1.29, 1.82) is 0 Å². The number of carbonyl (C=O) groups excluding carboxylic acids is 1. The van der Waals surface area contributed by atoms with Crippen LogP contribution in [-0.2, 0) is 21.2 Å². The Morgan fingerprint density at radius 1 is 0.900 bits per heavy atom. The van der Waals surface area contributed by atoms with E-state index >= 15 is 0 Å². The highest BCUT2D eigenvalue weighted by Crippen LogP contribution is 2.20. The van der Waals surface area contributed by atoms with Gasteiger partial charge in [-0.2, -0.15) is 0 Å². The summed E-state index contributed by atoms with van der Waals surface area (Å²) in [5.41, 5.74) is 3.51. The number of para-hydroxylation sites is 1. The molecule has 0 aliphatic heterocycles. The Labute approximate surface area is 177 Å².